The van der Waals surface area contributed by atoms with Crippen molar-refractivity contribution in [3.05, 3.63) is 35.4 Å². The lowest BCUT2D eigenvalue weighted by molar-refractivity contribution is -0.00674. The molecular weight excluding hydrogens is 288 g/mol. The standard InChI is InChI=1S/C19H30N2O2/c1-3-6-16-14-21(10-9-20(16)11-12-23-2)18-13-15-7-4-5-8-17(15)19(18)22/h4-5,7-8,16,18-19,22H,3,6,9-14H2,1-2H3/t16-,18+,19+/m1/s1. The van der Waals surface area contributed by atoms with E-state index in [1.165, 1.54) is 18.4 Å². The van der Waals surface area contributed by atoms with E-state index in [1.807, 2.05) is 6.07 Å². The van der Waals surface area contributed by atoms with Crippen LogP contribution in [0.4, 0.5) is 0 Å². The van der Waals surface area contributed by atoms with Gasteiger partial charge in [0, 0.05) is 45.4 Å². The van der Waals surface area contributed by atoms with E-state index >= 15 is 0 Å². The maximum Gasteiger partial charge on any atom is 0.0951 e. The number of fused-ring (bicyclic) bond motifs is 1. The van der Waals surface area contributed by atoms with E-state index in [-0.39, 0.29) is 12.1 Å². The summed E-state index contributed by atoms with van der Waals surface area (Å²) in [7, 11) is 1.77. The second-order valence-corrected chi connectivity index (χ2v) is 6.88. The maximum atomic E-state index is 10.7. The number of ether oxygens (including phenoxy) is 1. The third kappa shape index (κ3) is 3.61. The topological polar surface area (TPSA) is 35.9 Å². The molecule has 4 nitrogen and oxygen atoms in total. The van der Waals surface area contributed by atoms with Gasteiger partial charge in [-0.2, -0.15) is 0 Å². The third-order valence-electron chi connectivity index (χ3n) is 5.48. The van der Waals surface area contributed by atoms with E-state index < -0.39 is 0 Å². The molecule has 1 saturated heterocycles. The summed E-state index contributed by atoms with van der Waals surface area (Å²) >= 11 is 0. The van der Waals surface area contributed by atoms with Crippen LogP contribution in [0.3, 0.4) is 0 Å². The van der Waals surface area contributed by atoms with Crippen LogP contribution in [-0.4, -0.2) is 66.9 Å². The summed E-state index contributed by atoms with van der Waals surface area (Å²) in [4.78, 5) is 5.09. The van der Waals surface area contributed by atoms with E-state index in [0.29, 0.717) is 6.04 Å². The molecule has 0 radical (unpaired) electrons. The van der Waals surface area contributed by atoms with Gasteiger partial charge in [0.1, 0.15) is 0 Å². The molecule has 0 spiro atoms. The fraction of sp³-hybridized carbons (Fsp3) is 0.684. The molecule has 3 rings (SSSR count). The molecule has 1 fully saturated rings. The van der Waals surface area contributed by atoms with E-state index in [1.54, 1.807) is 7.11 Å². The number of rotatable bonds is 6. The van der Waals surface area contributed by atoms with Crippen LogP contribution in [0.5, 0.6) is 0 Å². The first-order valence-corrected chi connectivity index (χ1v) is 8.97. The molecular formula is C19H30N2O2. The van der Waals surface area contributed by atoms with Gasteiger partial charge in [0.15, 0.2) is 0 Å². The van der Waals surface area contributed by atoms with E-state index in [4.69, 9.17) is 4.74 Å². The summed E-state index contributed by atoms with van der Waals surface area (Å²) in [5.41, 5.74) is 2.45. The summed E-state index contributed by atoms with van der Waals surface area (Å²) in [6.45, 7) is 7.26. The first kappa shape index (κ1) is 16.9. The molecule has 1 N–H and O–H groups in total. The molecule has 0 unspecified atom stereocenters. The predicted molar refractivity (Wildman–Crippen MR) is 92.6 cm³/mol. The fourth-order valence-electron chi connectivity index (χ4n) is 4.21. The number of aliphatic hydroxyl groups excluding tert-OH is 1. The Kier molecular flexibility index (Phi) is 5.70. The van der Waals surface area contributed by atoms with Crippen molar-refractivity contribution >= 4 is 0 Å². The Labute approximate surface area is 140 Å². The zero-order valence-corrected chi connectivity index (χ0v) is 14.4. The average molecular weight is 318 g/mol. The van der Waals surface area contributed by atoms with Gasteiger partial charge in [0.25, 0.3) is 0 Å². The summed E-state index contributed by atoms with van der Waals surface area (Å²) in [5, 5.41) is 10.7. The van der Waals surface area contributed by atoms with Gasteiger partial charge in [0.2, 0.25) is 0 Å². The zero-order valence-electron chi connectivity index (χ0n) is 14.4. The molecule has 2 aliphatic rings. The highest BCUT2D eigenvalue weighted by Gasteiger charge is 2.38. The van der Waals surface area contributed by atoms with Crippen LogP contribution >= 0.6 is 0 Å². The van der Waals surface area contributed by atoms with Crippen LogP contribution in [0.1, 0.15) is 37.0 Å². The molecule has 4 heteroatoms. The number of methoxy groups -OCH3 is 1. The van der Waals surface area contributed by atoms with Gasteiger partial charge in [-0.15, -0.1) is 0 Å². The second-order valence-electron chi connectivity index (χ2n) is 6.88. The van der Waals surface area contributed by atoms with Crippen molar-refractivity contribution in [2.45, 2.75) is 44.4 Å². The van der Waals surface area contributed by atoms with E-state index in [0.717, 1.165) is 44.8 Å². The normalized spacial score (nSPS) is 28.9. The van der Waals surface area contributed by atoms with Crippen molar-refractivity contribution in [3.63, 3.8) is 0 Å². The van der Waals surface area contributed by atoms with Crippen LogP contribution in [0.15, 0.2) is 24.3 Å². The Hall–Kier alpha value is -0.940. The molecule has 1 aliphatic heterocycles. The predicted octanol–water partition coefficient (Wildman–Crippen LogP) is 2.08. The Balaban J connectivity index is 1.66. The molecule has 0 aromatic heterocycles. The minimum absolute atomic E-state index is 0.247. The second kappa shape index (κ2) is 7.75. The van der Waals surface area contributed by atoms with Crippen molar-refractivity contribution in [1.82, 2.24) is 9.80 Å². The smallest absolute Gasteiger partial charge is 0.0951 e. The Morgan fingerprint density at radius 1 is 1.26 bits per heavy atom. The summed E-state index contributed by atoms with van der Waals surface area (Å²) in [6, 6.07) is 9.19. The van der Waals surface area contributed by atoms with Crippen molar-refractivity contribution < 1.29 is 9.84 Å². The molecule has 1 aromatic rings. The molecule has 3 atom stereocenters. The third-order valence-corrected chi connectivity index (χ3v) is 5.48. The number of aliphatic hydroxyl groups is 1. The largest absolute Gasteiger partial charge is 0.387 e. The minimum atomic E-state index is -0.334. The highest BCUT2D eigenvalue weighted by atomic mass is 16.5. The lowest BCUT2D eigenvalue weighted by Crippen LogP contribution is -2.57. The molecule has 0 saturated carbocycles. The number of benzene rings is 1. The SMILES string of the molecule is CCC[C@@H]1CN([C@H]2Cc3ccccc3[C@@H]2O)CCN1CCOC. The summed E-state index contributed by atoms with van der Waals surface area (Å²) < 4.78 is 5.26. The van der Waals surface area contributed by atoms with E-state index in [9.17, 15) is 5.11 Å². The maximum absolute atomic E-state index is 10.7. The van der Waals surface area contributed by atoms with Gasteiger partial charge in [-0.05, 0) is 24.0 Å². The van der Waals surface area contributed by atoms with Crippen LogP contribution in [0.25, 0.3) is 0 Å². The van der Waals surface area contributed by atoms with Gasteiger partial charge in [0.05, 0.1) is 12.7 Å². The number of piperazine rings is 1. The van der Waals surface area contributed by atoms with Gasteiger partial charge in [-0.1, -0.05) is 37.6 Å². The molecule has 1 aromatic carbocycles. The van der Waals surface area contributed by atoms with Crippen LogP contribution in [0, 0.1) is 0 Å². The van der Waals surface area contributed by atoms with Gasteiger partial charge < -0.3 is 9.84 Å². The highest BCUT2D eigenvalue weighted by Crippen LogP contribution is 2.35. The first-order valence-electron chi connectivity index (χ1n) is 8.97. The van der Waals surface area contributed by atoms with E-state index in [2.05, 4.69) is 34.9 Å². The average Bonchev–Trinajstić information content (AvgIpc) is 2.91. The van der Waals surface area contributed by atoms with Crippen LogP contribution in [-0.2, 0) is 11.2 Å². The Bertz CT molecular complexity index is 508. The van der Waals surface area contributed by atoms with Crippen LogP contribution < -0.4 is 0 Å². The molecule has 128 valence electrons. The van der Waals surface area contributed by atoms with Crippen LogP contribution in [0.2, 0.25) is 0 Å². The van der Waals surface area contributed by atoms with Gasteiger partial charge in [-0.3, -0.25) is 9.80 Å². The molecule has 0 amide bonds. The number of nitrogens with zero attached hydrogens (tertiary/aromatic N) is 2. The molecule has 1 aliphatic carbocycles. The van der Waals surface area contributed by atoms with Crippen molar-refractivity contribution in [2.75, 3.05) is 39.9 Å². The van der Waals surface area contributed by atoms with Gasteiger partial charge in [-0.25, -0.2) is 0 Å². The summed E-state index contributed by atoms with van der Waals surface area (Å²) in [5.74, 6) is 0. The Morgan fingerprint density at radius 2 is 2.09 bits per heavy atom. The highest BCUT2D eigenvalue weighted by molar-refractivity contribution is 5.36. The lowest BCUT2D eigenvalue weighted by Gasteiger charge is -2.44. The Morgan fingerprint density at radius 3 is 2.83 bits per heavy atom. The number of hydrogen-bond acceptors (Lipinski definition) is 4. The fourth-order valence-corrected chi connectivity index (χ4v) is 4.21. The van der Waals surface area contributed by atoms with Crippen molar-refractivity contribution in [1.29, 1.82) is 0 Å². The monoisotopic (exact) mass is 318 g/mol. The van der Waals surface area contributed by atoms with Crippen molar-refractivity contribution in [2.24, 2.45) is 0 Å². The summed E-state index contributed by atoms with van der Waals surface area (Å²) in [6.07, 6.45) is 3.07. The van der Waals surface area contributed by atoms with Gasteiger partial charge >= 0.3 is 0 Å². The molecule has 1 heterocycles. The molecule has 0 bridgehead atoms. The lowest BCUT2D eigenvalue weighted by atomic mass is 10.0. The minimum Gasteiger partial charge on any atom is -0.387 e. The molecule has 23 heavy (non-hydrogen) atoms. The quantitative estimate of drug-likeness (QED) is 0.871. The first-order chi connectivity index (χ1) is 11.2. The zero-order chi connectivity index (χ0) is 16.2. The number of hydrogen-bond donors (Lipinski definition) is 1. The van der Waals surface area contributed by atoms with Crippen molar-refractivity contribution in [3.8, 4) is 0 Å².